The van der Waals surface area contributed by atoms with Crippen molar-refractivity contribution < 1.29 is 28.7 Å². The fourth-order valence-corrected chi connectivity index (χ4v) is 12.0. The molecule has 3 aromatic carbocycles. The Morgan fingerprint density at radius 1 is 0.761 bits per heavy atom. The average molecular weight is 910 g/mol. The van der Waals surface area contributed by atoms with Gasteiger partial charge in [-0.15, -0.1) is 0 Å². The smallest absolute Gasteiger partial charge is 0.407 e. The quantitative estimate of drug-likeness (QED) is 0.104. The number of hydrogen-bond donors (Lipinski definition) is 3. The van der Waals surface area contributed by atoms with Crippen LogP contribution in [-0.4, -0.2) is 87.0 Å². The third kappa shape index (κ3) is 8.74. The van der Waals surface area contributed by atoms with Gasteiger partial charge in [-0.05, 0) is 119 Å². The molecule has 6 atom stereocenters. The maximum atomic E-state index is 14.0. The Labute approximate surface area is 394 Å². The van der Waals surface area contributed by atoms with Crippen molar-refractivity contribution in [2.75, 3.05) is 27.3 Å². The SMILES string of the molecule is COC(=O)C[C@H](C(=O)N1C[C@@H](C)C[C@H]1c1ncc(-c2ccc(-c3ccc(-c4ccc5nc([C@@H]6C[C@H](C)CN6C(=O)[C@@H](NC(=O)OC)C(C)C)[nH]c5c4)c4c3C3(CCCC3)CC4)cc2)[nH]1)C(C)C. The number of benzene rings is 3. The van der Waals surface area contributed by atoms with Crippen LogP contribution < -0.4 is 5.32 Å². The Morgan fingerprint density at radius 3 is 2.06 bits per heavy atom. The number of nitrogens with zero attached hydrogens (tertiary/aromatic N) is 4. The molecule has 0 bridgehead atoms. The highest BCUT2D eigenvalue weighted by Gasteiger charge is 2.45. The minimum absolute atomic E-state index is 0.00237. The number of amides is 3. The van der Waals surface area contributed by atoms with Gasteiger partial charge in [0, 0.05) is 13.1 Å². The molecule has 3 fully saturated rings. The Kier molecular flexibility index (Phi) is 12.8. The number of methoxy groups -OCH3 is 2. The first-order valence-corrected chi connectivity index (χ1v) is 24.5. The zero-order valence-electron chi connectivity index (χ0n) is 40.4. The zero-order valence-corrected chi connectivity index (χ0v) is 40.4. The lowest BCUT2D eigenvalue weighted by Gasteiger charge is -2.30. The van der Waals surface area contributed by atoms with E-state index in [1.54, 1.807) is 0 Å². The minimum Gasteiger partial charge on any atom is -0.469 e. The molecule has 3 amide bonds. The van der Waals surface area contributed by atoms with Gasteiger partial charge in [-0.2, -0.15) is 0 Å². The first kappa shape index (κ1) is 46.1. The van der Waals surface area contributed by atoms with Crippen molar-refractivity contribution in [3.8, 4) is 33.5 Å². The van der Waals surface area contributed by atoms with Gasteiger partial charge in [0.2, 0.25) is 11.8 Å². The molecule has 4 aliphatic rings. The first-order chi connectivity index (χ1) is 32.2. The number of hydrogen-bond acceptors (Lipinski definition) is 8. The lowest BCUT2D eigenvalue weighted by Crippen LogP contribution is -2.51. The van der Waals surface area contributed by atoms with Crippen LogP contribution in [0.4, 0.5) is 4.79 Å². The molecule has 0 radical (unpaired) electrons. The van der Waals surface area contributed by atoms with Crippen molar-refractivity contribution in [3.63, 3.8) is 0 Å². The number of carbonyl (C=O) groups excluding carboxylic acids is 4. The molecule has 2 aliphatic carbocycles. The number of aromatic amines is 2. The molecule has 2 saturated heterocycles. The number of imidazole rings is 2. The van der Waals surface area contributed by atoms with E-state index in [9.17, 15) is 19.2 Å². The van der Waals surface area contributed by atoms with Crippen LogP contribution in [0.3, 0.4) is 0 Å². The summed E-state index contributed by atoms with van der Waals surface area (Å²) >= 11 is 0. The lowest BCUT2D eigenvalue weighted by molar-refractivity contribution is -0.148. The molecule has 1 spiro atoms. The van der Waals surface area contributed by atoms with Gasteiger partial charge in [0.15, 0.2) is 0 Å². The lowest BCUT2D eigenvalue weighted by atomic mass is 9.76. The predicted octanol–water partition coefficient (Wildman–Crippen LogP) is 10.1. The largest absolute Gasteiger partial charge is 0.469 e. The van der Waals surface area contributed by atoms with Gasteiger partial charge in [-0.25, -0.2) is 14.8 Å². The monoisotopic (exact) mass is 910 g/mol. The summed E-state index contributed by atoms with van der Waals surface area (Å²) in [6, 6.07) is 18.9. The molecule has 9 rings (SSSR count). The number of ether oxygens (including phenoxy) is 2. The van der Waals surface area contributed by atoms with Gasteiger partial charge in [-0.1, -0.05) is 96.8 Å². The second-order valence-corrected chi connectivity index (χ2v) is 20.8. The summed E-state index contributed by atoms with van der Waals surface area (Å²) in [6.07, 6.45) is 10.0. The molecule has 13 nitrogen and oxygen atoms in total. The van der Waals surface area contributed by atoms with E-state index in [0.29, 0.717) is 19.0 Å². The summed E-state index contributed by atoms with van der Waals surface area (Å²) in [5.41, 5.74) is 11.8. The second-order valence-electron chi connectivity index (χ2n) is 20.8. The molecule has 4 heterocycles. The number of nitrogens with one attached hydrogen (secondary N) is 3. The van der Waals surface area contributed by atoms with E-state index in [0.717, 1.165) is 65.2 Å². The number of aromatic nitrogens is 4. The van der Waals surface area contributed by atoms with E-state index in [2.05, 4.69) is 83.7 Å². The van der Waals surface area contributed by atoms with Crippen LogP contribution in [0.5, 0.6) is 0 Å². The van der Waals surface area contributed by atoms with Gasteiger partial charge < -0.3 is 34.6 Å². The molecule has 0 unspecified atom stereocenters. The van der Waals surface area contributed by atoms with Crippen molar-refractivity contribution in [1.29, 1.82) is 0 Å². The Bertz CT molecular complexity index is 2660. The van der Waals surface area contributed by atoms with Gasteiger partial charge in [0.05, 0.1) is 61.6 Å². The van der Waals surface area contributed by atoms with Crippen LogP contribution >= 0.6 is 0 Å². The van der Waals surface area contributed by atoms with Gasteiger partial charge in [0.25, 0.3) is 0 Å². The fourth-order valence-electron chi connectivity index (χ4n) is 12.0. The maximum absolute atomic E-state index is 14.0. The van der Waals surface area contributed by atoms with E-state index in [-0.39, 0.29) is 59.5 Å². The molecule has 2 aliphatic heterocycles. The van der Waals surface area contributed by atoms with Crippen molar-refractivity contribution in [1.82, 2.24) is 35.1 Å². The molecule has 67 heavy (non-hydrogen) atoms. The Balaban J connectivity index is 0.983. The summed E-state index contributed by atoms with van der Waals surface area (Å²) in [4.78, 5) is 73.3. The molecule has 2 aromatic heterocycles. The molecule has 5 aromatic rings. The number of carbonyl (C=O) groups is 4. The number of likely N-dealkylation sites (tertiary alicyclic amines) is 2. The summed E-state index contributed by atoms with van der Waals surface area (Å²) in [5, 5.41) is 2.76. The van der Waals surface area contributed by atoms with Crippen molar-refractivity contribution in [2.24, 2.45) is 29.6 Å². The van der Waals surface area contributed by atoms with E-state index in [1.807, 2.05) is 43.7 Å². The zero-order chi connectivity index (χ0) is 47.3. The standard InChI is InChI=1S/C54H67N7O6/c1-30(2)40(26-46(62)66-7)51(63)60-28-32(5)23-44(60)49-55-27-43(58-49)35-13-11-34(12-14-35)38-17-16-37(39-19-22-54(47(38)39)20-9-10-21-54)36-15-18-41-42(25-36)57-50(56-41)45-24-33(6)29-61(45)52(64)48(31(3)4)59-53(65)67-8/h11-18,25,27,30-33,40,44-45,48H,9-10,19-24,26,28-29H2,1-8H3,(H,55,58)(H,56,57)(H,59,65)/t32-,33-,40-,44-,45-,48-/m0/s1. The van der Waals surface area contributed by atoms with Gasteiger partial charge in [-0.3, -0.25) is 14.4 Å². The second kappa shape index (κ2) is 18.6. The summed E-state index contributed by atoms with van der Waals surface area (Å²) in [7, 11) is 2.68. The summed E-state index contributed by atoms with van der Waals surface area (Å²) in [6.45, 7) is 13.4. The van der Waals surface area contributed by atoms with Crippen LogP contribution in [-0.2, 0) is 35.7 Å². The number of alkyl carbamates (subject to hydrolysis) is 1. The molecule has 3 N–H and O–H groups in total. The molecule has 13 heteroatoms. The highest BCUT2D eigenvalue weighted by Crippen LogP contribution is 2.55. The van der Waals surface area contributed by atoms with Crippen molar-refractivity contribution in [3.05, 3.63) is 83.6 Å². The van der Waals surface area contributed by atoms with Crippen molar-refractivity contribution in [2.45, 2.75) is 123 Å². The van der Waals surface area contributed by atoms with E-state index >= 15 is 0 Å². The van der Waals surface area contributed by atoms with Crippen LogP contribution in [0.2, 0.25) is 0 Å². The highest BCUT2D eigenvalue weighted by atomic mass is 16.5. The van der Waals surface area contributed by atoms with Crippen LogP contribution in [0.1, 0.15) is 128 Å². The third-order valence-corrected chi connectivity index (χ3v) is 15.5. The van der Waals surface area contributed by atoms with Crippen LogP contribution in [0.15, 0.2) is 60.8 Å². The van der Waals surface area contributed by atoms with Crippen LogP contribution in [0.25, 0.3) is 44.5 Å². The highest BCUT2D eigenvalue weighted by molar-refractivity contribution is 5.88. The van der Waals surface area contributed by atoms with E-state index < -0.39 is 18.1 Å². The number of H-pyrrole nitrogens is 2. The minimum atomic E-state index is -0.700. The summed E-state index contributed by atoms with van der Waals surface area (Å²) < 4.78 is 9.79. The van der Waals surface area contributed by atoms with Gasteiger partial charge in [0.1, 0.15) is 17.7 Å². The number of esters is 1. The molecule has 354 valence electrons. The first-order valence-electron chi connectivity index (χ1n) is 24.5. The maximum Gasteiger partial charge on any atom is 0.407 e. The van der Waals surface area contributed by atoms with E-state index in [4.69, 9.17) is 19.4 Å². The van der Waals surface area contributed by atoms with E-state index in [1.165, 1.54) is 67.7 Å². The molecular formula is C54H67N7O6. The topological polar surface area (TPSA) is 163 Å². The Hall–Kier alpha value is -5.98. The third-order valence-electron chi connectivity index (χ3n) is 15.5. The fraction of sp³-hybridized carbons (Fsp3) is 0.519. The number of rotatable bonds is 12. The number of fused-ring (bicyclic) bond motifs is 3. The van der Waals surface area contributed by atoms with Crippen molar-refractivity contribution >= 4 is 34.9 Å². The predicted molar refractivity (Wildman–Crippen MR) is 259 cm³/mol. The summed E-state index contributed by atoms with van der Waals surface area (Å²) in [5.74, 6) is 1.05. The van der Waals surface area contributed by atoms with Gasteiger partial charge >= 0.3 is 12.1 Å². The average Bonchev–Trinajstić information content (AvgIpc) is 4.20. The molecular weight excluding hydrogens is 843 g/mol. The normalized spacial score (nSPS) is 21.9. The van der Waals surface area contributed by atoms with Crippen LogP contribution in [0, 0.1) is 29.6 Å². The Morgan fingerprint density at radius 2 is 1.40 bits per heavy atom. The molecule has 1 saturated carbocycles.